The fourth-order valence-electron chi connectivity index (χ4n) is 4.58. The first-order chi connectivity index (χ1) is 12.3. The van der Waals surface area contributed by atoms with Crippen LogP contribution >= 0.6 is 11.3 Å². The van der Waals surface area contributed by atoms with Gasteiger partial charge in [0.15, 0.2) is 0 Å². The van der Waals surface area contributed by atoms with E-state index in [1.807, 2.05) is 22.3 Å². The molecular formula is C21H22N2OS. The summed E-state index contributed by atoms with van der Waals surface area (Å²) in [6.07, 6.45) is 8.02. The van der Waals surface area contributed by atoms with E-state index in [2.05, 4.69) is 47.1 Å². The maximum absolute atomic E-state index is 12.8. The van der Waals surface area contributed by atoms with E-state index in [9.17, 15) is 4.79 Å². The SMILES string of the molecule is O=C(c1ccc2c(c1)C1C=CCC1C(c1cccs1)N2)N1CCCC1. The summed E-state index contributed by atoms with van der Waals surface area (Å²) in [4.78, 5) is 16.2. The van der Waals surface area contributed by atoms with Gasteiger partial charge in [-0.3, -0.25) is 4.79 Å². The van der Waals surface area contributed by atoms with E-state index in [4.69, 9.17) is 0 Å². The quantitative estimate of drug-likeness (QED) is 0.788. The molecule has 1 aliphatic carbocycles. The van der Waals surface area contributed by atoms with Gasteiger partial charge in [-0.15, -0.1) is 11.3 Å². The Balaban J connectivity index is 1.50. The standard InChI is InChI=1S/C21H22N2OS/c24-21(23-10-1-2-11-23)14-8-9-18-17(13-14)15-5-3-6-16(15)20(22-18)19-7-4-12-25-19/h3-5,7-9,12-13,15-16,20,22H,1-2,6,10-11H2. The van der Waals surface area contributed by atoms with Crippen LogP contribution in [0.25, 0.3) is 0 Å². The van der Waals surface area contributed by atoms with Crippen LogP contribution in [0.15, 0.2) is 47.9 Å². The Morgan fingerprint density at radius 1 is 1.20 bits per heavy atom. The molecule has 1 fully saturated rings. The van der Waals surface area contributed by atoms with Crippen LogP contribution in [-0.4, -0.2) is 23.9 Å². The number of fused-ring (bicyclic) bond motifs is 3. The van der Waals surface area contributed by atoms with E-state index in [0.717, 1.165) is 37.9 Å². The Labute approximate surface area is 152 Å². The van der Waals surface area contributed by atoms with E-state index in [0.29, 0.717) is 17.9 Å². The highest BCUT2D eigenvalue weighted by molar-refractivity contribution is 7.10. The number of amides is 1. The number of carbonyl (C=O) groups is 1. The number of anilines is 1. The van der Waals surface area contributed by atoms with Crippen molar-refractivity contribution in [3.8, 4) is 0 Å². The first kappa shape index (κ1) is 15.2. The van der Waals surface area contributed by atoms with Gasteiger partial charge in [0.2, 0.25) is 0 Å². The maximum Gasteiger partial charge on any atom is 0.253 e. The first-order valence-corrected chi connectivity index (χ1v) is 10.1. The maximum atomic E-state index is 12.8. The first-order valence-electron chi connectivity index (χ1n) is 9.21. The molecule has 4 heteroatoms. The second kappa shape index (κ2) is 6.03. The molecule has 25 heavy (non-hydrogen) atoms. The van der Waals surface area contributed by atoms with Crippen LogP contribution in [-0.2, 0) is 0 Å². The minimum atomic E-state index is 0.194. The molecule has 3 unspecified atom stereocenters. The normalized spacial score (nSPS) is 27.0. The molecule has 2 aliphatic heterocycles. The summed E-state index contributed by atoms with van der Waals surface area (Å²) >= 11 is 1.83. The van der Waals surface area contributed by atoms with Crippen LogP contribution in [0.4, 0.5) is 5.69 Å². The molecule has 0 saturated carbocycles. The van der Waals surface area contributed by atoms with Gasteiger partial charge in [0.25, 0.3) is 5.91 Å². The highest BCUT2D eigenvalue weighted by atomic mass is 32.1. The van der Waals surface area contributed by atoms with Crippen molar-refractivity contribution < 1.29 is 4.79 Å². The van der Waals surface area contributed by atoms with Crippen molar-refractivity contribution in [2.24, 2.45) is 5.92 Å². The van der Waals surface area contributed by atoms with Gasteiger partial charge in [0.1, 0.15) is 0 Å². The lowest BCUT2D eigenvalue weighted by Crippen LogP contribution is -2.30. The summed E-state index contributed by atoms with van der Waals surface area (Å²) in [5, 5.41) is 5.91. The summed E-state index contributed by atoms with van der Waals surface area (Å²) in [6.45, 7) is 1.81. The van der Waals surface area contributed by atoms with Crippen molar-refractivity contribution in [1.82, 2.24) is 4.90 Å². The van der Waals surface area contributed by atoms with Crippen molar-refractivity contribution >= 4 is 22.9 Å². The number of rotatable bonds is 2. The molecule has 3 nitrogen and oxygen atoms in total. The van der Waals surface area contributed by atoms with Gasteiger partial charge < -0.3 is 10.2 Å². The van der Waals surface area contributed by atoms with Gasteiger partial charge >= 0.3 is 0 Å². The van der Waals surface area contributed by atoms with E-state index < -0.39 is 0 Å². The molecule has 1 aromatic carbocycles. The fraction of sp³-hybridized carbons (Fsp3) is 0.381. The predicted molar refractivity (Wildman–Crippen MR) is 102 cm³/mol. The van der Waals surface area contributed by atoms with Crippen molar-refractivity contribution in [1.29, 1.82) is 0 Å². The number of thiophene rings is 1. The molecule has 0 bridgehead atoms. The largest absolute Gasteiger partial charge is 0.377 e. The van der Waals surface area contributed by atoms with Crippen LogP contribution in [0, 0.1) is 5.92 Å². The molecule has 5 rings (SSSR count). The van der Waals surface area contributed by atoms with Crippen molar-refractivity contribution in [3.63, 3.8) is 0 Å². The zero-order chi connectivity index (χ0) is 16.8. The number of allylic oxidation sites excluding steroid dienone is 2. The van der Waals surface area contributed by atoms with E-state index in [1.54, 1.807) is 0 Å². The predicted octanol–water partition coefficient (Wildman–Crippen LogP) is 4.81. The number of likely N-dealkylation sites (tertiary alicyclic amines) is 1. The van der Waals surface area contributed by atoms with E-state index in [1.165, 1.54) is 16.1 Å². The molecule has 1 N–H and O–H groups in total. The van der Waals surface area contributed by atoms with Gasteiger partial charge in [-0.2, -0.15) is 0 Å². The number of carbonyl (C=O) groups excluding carboxylic acids is 1. The lowest BCUT2D eigenvalue weighted by Gasteiger charge is -2.37. The molecular weight excluding hydrogens is 328 g/mol. The number of hydrogen-bond acceptors (Lipinski definition) is 3. The number of hydrogen-bond donors (Lipinski definition) is 1. The van der Waals surface area contributed by atoms with E-state index >= 15 is 0 Å². The van der Waals surface area contributed by atoms with Gasteiger partial charge in [0.05, 0.1) is 6.04 Å². The van der Waals surface area contributed by atoms with Crippen LogP contribution < -0.4 is 5.32 Å². The molecule has 2 aromatic rings. The average molecular weight is 350 g/mol. The highest BCUT2D eigenvalue weighted by Crippen LogP contribution is 2.50. The number of nitrogens with zero attached hydrogens (tertiary/aromatic N) is 1. The summed E-state index contributed by atoms with van der Waals surface area (Å²) in [7, 11) is 0. The molecule has 1 aromatic heterocycles. The Hall–Kier alpha value is -2.07. The monoisotopic (exact) mass is 350 g/mol. The molecule has 0 radical (unpaired) electrons. The highest BCUT2D eigenvalue weighted by Gasteiger charge is 2.38. The Morgan fingerprint density at radius 3 is 2.88 bits per heavy atom. The van der Waals surface area contributed by atoms with Crippen molar-refractivity contribution in [2.45, 2.75) is 31.2 Å². The van der Waals surface area contributed by atoms with Crippen LogP contribution in [0.2, 0.25) is 0 Å². The van der Waals surface area contributed by atoms with Crippen LogP contribution in [0.5, 0.6) is 0 Å². The molecule has 128 valence electrons. The molecule has 0 spiro atoms. The third-order valence-electron chi connectivity index (χ3n) is 5.85. The fourth-order valence-corrected chi connectivity index (χ4v) is 5.43. The molecule has 3 aliphatic rings. The van der Waals surface area contributed by atoms with Gasteiger partial charge in [-0.25, -0.2) is 0 Å². The van der Waals surface area contributed by atoms with Crippen molar-refractivity contribution in [2.75, 3.05) is 18.4 Å². The van der Waals surface area contributed by atoms with Gasteiger partial charge in [-0.05, 0) is 60.4 Å². The van der Waals surface area contributed by atoms with E-state index in [-0.39, 0.29) is 5.91 Å². The Bertz CT molecular complexity index is 820. The molecule has 1 saturated heterocycles. The summed E-state index contributed by atoms with van der Waals surface area (Å²) in [5.74, 6) is 1.15. The zero-order valence-corrected chi connectivity index (χ0v) is 15.0. The number of benzene rings is 1. The zero-order valence-electron chi connectivity index (χ0n) is 14.2. The van der Waals surface area contributed by atoms with Gasteiger partial charge in [0, 0.05) is 35.1 Å². The number of nitrogens with one attached hydrogen (secondary N) is 1. The molecule has 3 heterocycles. The Kier molecular flexibility index (Phi) is 3.66. The third-order valence-corrected chi connectivity index (χ3v) is 6.81. The summed E-state index contributed by atoms with van der Waals surface area (Å²) < 4.78 is 0. The minimum Gasteiger partial charge on any atom is -0.377 e. The lowest BCUT2D eigenvalue weighted by molar-refractivity contribution is 0.0792. The second-order valence-corrected chi connectivity index (χ2v) is 8.27. The second-order valence-electron chi connectivity index (χ2n) is 7.29. The van der Waals surface area contributed by atoms with Gasteiger partial charge in [-0.1, -0.05) is 18.2 Å². The van der Waals surface area contributed by atoms with Crippen LogP contribution in [0.1, 0.15) is 52.0 Å². The average Bonchev–Trinajstić information content (AvgIpc) is 3.42. The van der Waals surface area contributed by atoms with Crippen molar-refractivity contribution in [3.05, 3.63) is 63.9 Å². The lowest BCUT2D eigenvalue weighted by atomic mass is 9.78. The summed E-state index contributed by atoms with van der Waals surface area (Å²) in [5.41, 5.74) is 3.32. The molecule has 3 atom stereocenters. The third kappa shape index (κ3) is 2.51. The topological polar surface area (TPSA) is 32.3 Å². The minimum absolute atomic E-state index is 0.194. The summed E-state index contributed by atoms with van der Waals surface area (Å²) in [6, 6.07) is 11.0. The van der Waals surface area contributed by atoms with Crippen LogP contribution in [0.3, 0.4) is 0 Å². The molecule has 1 amide bonds. The smallest absolute Gasteiger partial charge is 0.253 e. The Morgan fingerprint density at radius 2 is 2.08 bits per heavy atom.